The molecule has 3 heterocycles. The van der Waals surface area contributed by atoms with Crippen molar-refractivity contribution in [2.75, 3.05) is 19.6 Å². The number of nitrogens with zero attached hydrogens (tertiary/aromatic N) is 4. The molecule has 35 heavy (non-hydrogen) atoms. The zero-order valence-electron chi connectivity index (χ0n) is 20.7. The fourth-order valence-electron chi connectivity index (χ4n) is 4.75. The molecule has 1 aliphatic heterocycles. The van der Waals surface area contributed by atoms with E-state index in [0.717, 1.165) is 22.3 Å². The molecule has 1 aromatic carbocycles. The summed E-state index contributed by atoms with van der Waals surface area (Å²) in [6.07, 6.45) is 3.23. The van der Waals surface area contributed by atoms with Crippen molar-refractivity contribution in [1.82, 2.24) is 23.8 Å². The van der Waals surface area contributed by atoms with Crippen LogP contribution in [-0.4, -0.2) is 52.4 Å². The molecule has 2 aromatic heterocycles. The molecule has 1 amide bonds. The van der Waals surface area contributed by atoms with Crippen LogP contribution < -0.4 is 11.0 Å². The predicted molar refractivity (Wildman–Crippen MR) is 134 cm³/mol. The molecule has 10 heteroatoms. The fraction of sp³-hybridized carbons (Fsp3) is 0.480. The number of benzene rings is 1. The highest BCUT2D eigenvalue weighted by Crippen LogP contribution is 2.31. The quantitative estimate of drug-likeness (QED) is 0.503. The number of hydrogen-bond donors (Lipinski definition) is 1. The van der Waals surface area contributed by atoms with Gasteiger partial charge in [0.05, 0.1) is 4.90 Å². The Morgan fingerprint density at radius 2 is 1.74 bits per heavy atom. The second-order valence-corrected chi connectivity index (χ2v) is 11.2. The first-order valence-corrected chi connectivity index (χ1v) is 13.4. The van der Waals surface area contributed by atoms with E-state index < -0.39 is 10.0 Å². The summed E-state index contributed by atoms with van der Waals surface area (Å²) in [5.41, 5.74) is 3.90. The minimum absolute atomic E-state index is 0.0665. The van der Waals surface area contributed by atoms with Gasteiger partial charge < -0.3 is 5.32 Å². The molecule has 0 aliphatic carbocycles. The van der Waals surface area contributed by atoms with Gasteiger partial charge >= 0.3 is 5.69 Å². The van der Waals surface area contributed by atoms with Gasteiger partial charge in [0.2, 0.25) is 15.9 Å². The number of piperidine rings is 1. The molecule has 1 fully saturated rings. The first-order valence-electron chi connectivity index (χ1n) is 12.0. The molecule has 0 radical (unpaired) electrons. The van der Waals surface area contributed by atoms with Crippen molar-refractivity contribution in [3.05, 3.63) is 63.2 Å². The van der Waals surface area contributed by atoms with E-state index in [1.807, 2.05) is 39.8 Å². The number of amides is 1. The molecule has 4 rings (SSSR count). The van der Waals surface area contributed by atoms with E-state index in [4.69, 9.17) is 0 Å². The number of carbonyl (C=O) groups excluding carboxylic acids is 1. The van der Waals surface area contributed by atoms with Crippen LogP contribution in [0.3, 0.4) is 0 Å². The van der Waals surface area contributed by atoms with Gasteiger partial charge in [-0.1, -0.05) is 12.1 Å². The number of rotatable bonds is 7. The van der Waals surface area contributed by atoms with E-state index in [1.165, 1.54) is 13.4 Å². The summed E-state index contributed by atoms with van der Waals surface area (Å²) in [6.45, 7) is 9.06. The first-order chi connectivity index (χ1) is 16.6. The Kier molecular flexibility index (Phi) is 7.14. The molecule has 1 aliphatic rings. The summed E-state index contributed by atoms with van der Waals surface area (Å²) in [4.78, 5) is 25.4. The Bertz CT molecular complexity index is 1390. The molecule has 1 saturated heterocycles. The second-order valence-electron chi connectivity index (χ2n) is 9.35. The van der Waals surface area contributed by atoms with Gasteiger partial charge in [-0.3, -0.25) is 9.20 Å². The average Bonchev–Trinajstić information content (AvgIpc) is 3.16. The molecule has 188 valence electrons. The SMILES string of the molecule is Cc1cc(C)c(C)c(S(=O)(=O)N2CCC(C(=O)NCCCn3nc4ccccn4c3=O)CC2)c1C. The van der Waals surface area contributed by atoms with Crippen LogP contribution >= 0.6 is 0 Å². The Balaban J connectivity index is 1.30. The Labute approximate surface area is 205 Å². The molecule has 0 spiro atoms. The molecular weight excluding hydrogens is 466 g/mol. The number of hydrogen-bond acceptors (Lipinski definition) is 5. The van der Waals surface area contributed by atoms with Crippen LogP contribution in [-0.2, 0) is 21.4 Å². The Hall–Kier alpha value is -2.98. The monoisotopic (exact) mass is 499 g/mol. The van der Waals surface area contributed by atoms with Crippen LogP contribution in [0.1, 0.15) is 41.5 Å². The van der Waals surface area contributed by atoms with Gasteiger partial charge in [-0.05, 0) is 81.3 Å². The van der Waals surface area contributed by atoms with Gasteiger partial charge in [-0.2, -0.15) is 4.31 Å². The molecule has 0 unspecified atom stereocenters. The third-order valence-corrected chi connectivity index (χ3v) is 9.23. The van der Waals surface area contributed by atoms with E-state index >= 15 is 0 Å². The minimum Gasteiger partial charge on any atom is -0.356 e. The van der Waals surface area contributed by atoms with Crippen LogP contribution in [0.5, 0.6) is 0 Å². The zero-order chi connectivity index (χ0) is 25.3. The number of aromatic nitrogens is 3. The van der Waals surface area contributed by atoms with E-state index in [2.05, 4.69) is 10.4 Å². The van der Waals surface area contributed by atoms with Crippen LogP contribution in [0.2, 0.25) is 0 Å². The van der Waals surface area contributed by atoms with Crippen LogP contribution in [0.15, 0.2) is 40.2 Å². The van der Waals surface area contributed by atoms with Crippen LogP contribution in [0.4, 0.5) is 0 Å². The highest BCUT2D eigenvalue weighted by Gasteiger charge is 2.34. The highest BCUT2D eigenvalue weighted by atomic mass is 32.2. The number of pyridine rings is 1. The molecule has 1 N–H and O–H groups in total. The number of nitrogens with one attached hydrogen (secondary N) is 1. The Morgan fingerprint density at radius 1 is 1.09 bits per heavy atom. The van der Waals surface area contributed by atoms with Gasteiger partial charge in [0.25, 0.3) is 0 Å². The summed E-state index contributed by atoms with van der Waals surface area (Å²) >= 11 is 0. The maximum Gasteiger partial charge on any atom is 0.350 e. The summed E-state index contributed by atoms with van der Waals surface area (Å²) in [5, 5.41) is 7.23. The van der Waals surface area contributed by atoms with Gasteiger partial charge in [0.15, 0.2) is 5.65 Å². The van der Waals surface area contributed by atoms with Crippen molar-refractivity contribution in [2.45, 2.75) is 58.4 Å². The maximum absolute atomic E-state index is 13.4. The van der Waals surface area contributed by atoms with Gasteiger partial charge in [0.1, 0.15) is 0 Å². The van der Waals surface area contributed by atoms with Gasteiger partial charge in [0, 0.05) is 38.3 Å². The van der Waals surface area contributed by atoms with Crippen LogP contribution in [0, 0.1) is 33.6 Å². The van der Waals surface area contributed by atoms with E-state index in [9.17, 15) is 18.0 Å². The maximum atomic E-state index is 13.4. The molecule has 9 nitrogen and oxygen atoms in total. The van der Waals surface area contributed by atoms with Crippen molar-refractivity contribution in [2.24, 2.45) is 5.92 Å². The highest BCUT2D eigenvalue weighted by molar-refractivity contribution is 7.89. The number of fused-ring (bicyclic) bond motifs is 1. The van der Waals surface area contributed by atoms with Crippen molar-refractivity contribution in [1.29, 1.82) is 0 Å². The minimum atomic E-state index is -3.62. The van der Waals surface area contributed by atoms with Crippen molar-refractivity contribution in [3.8, 4) is 0 Å². The lowest BCUT2D eigenvalue weighted by Gasteiger charge is -2.31. The third-order valence-electron chi connectivity index (χ3n) is 7.05. The van der Waals surface area contributed by atoms with E-state index in [-0.39, 0.29) is 17.5 Å². The normalized spacial score (nSPS) is 15.5. The third kappa shape index (κ3) is 4.90. The van der Waals surface area contributed by atoms with Crippen molar-refractivity contribution in [3.63, 3.8) is 0 Å². The number of sulfonamides is 1. The topological polar surface area (TPSA) is 106 Å². The number of aryl methyl sites for hydroxylation is 3. The van der Waals surface area contributed by atoms with Crippen molar-refractivity contribution >= 4 is 21.6 Å². The first kappa shape index (κ1) is 25.1. The lowest BCUT2D eigenvalue weighted by molar-refractivity contribution is -0.126. The van der Waals surface area contributed by atoms with E-state index in [0.29, 0.717) is 56.0 Å². The van der Waals surface area contributed by atoms with Crippen LogP contribution in [0.25, 0.3) is 5.65 Å². The molecule has 3 aromatic rings. The molecular formula is C25H33N5O4S. The Morgan fingerprint density at radius 3 is 2.37 bits per heavy atom. The predicted octanol–water partition coefficient (Wildman–Crippen LogP) is 2.34. The second kappa shape index (κ2) is 9.94. The van der Waals surface area contributed by atoms with Gasteiger partial charge in [-0.15, -0.1) is 5.10 Å². The fourth-order valence-corrected chi connectivity index (χ4v) is 6.80. The smallest absolute Gasteiger partial charge is 0.350 e. The lowest BCUT2D eigenvalue weighted by atomic mass is 9.97. The van der Waals surface area contributed by atoms with Gasteiger partial charge in [-0.25, -0.2) is 17.9 Å². The summed E-state index contributed by atoms with van der Waals surface area (Å²) in [6, 6.07) is 7.40. The summed E-state index contributed by atoms with van der Waals surface area (Å²) in [7, 11) is -3.62. The summed E-state index contributed by atoms with van der Waals surface area (Å²) < 4.78 is 31.3. The standard InChI is InChI=1S/C25H33N5O4S/c1-17-16-18(2)20(4)23(19(17)3)35(33,34)28-14-9-21(10-15-28)24(31)26-11-7-13-30-25(32)29-12-6-5-8-22(29)27-30/h5-6,8,12,16,21H,7,9-11,13-15H2,1-4H3,(H,26,31). The van der Waals surface area contributed by atoms with E-state index in [1.54, 1.807) is 18.3 Å². The molecule has 0 atom stereocenters. The summed E-state index contributed by atoms with van der Waals surface area (Å²) in [5.74, 6) is -0.288. The van der Waals surface area contributed by atoms with Crippen molar-refractivity contribution < 1.29 is 13.2 Å². The largest absolute Gasteiger partial charge is 0.356 e. The number of carbonyl (C=O) groups is 1. The zero-order valence-corrected chi connectivity index (χ0v) is 21.6. The average molecular weight is 500 g/mol. The molecule has 0 bridgehead atoms. The molecule has 0 saturated carbocycles. The lowest BCUT2D eigenvalue weighted by Crippen LogP contribution is -2.43.